The fourth-order valence-electron chi connectivity index (χ4n) is 3.06. The van der Waals surface area contributed by atoms with Gasteiger partial charge in [0.2, 0.25) is 0 Å². The summed E-state index contributed by atoms with van der Waals surface area (Å²) in [7, 11) is 1.17. The molecule has 0 bridgehead atoms. The molecule has 0 aliphatic carbocycles. The number of primary amides is 1. The topological polar surface area (TPSA) is 113 Å². The van der Waals surface area contributed by atoms with E-state index in [0.717, 1.165) is 42.6 Å². The highest BCUT2D eigenvalue weighted by Gasteiger charge is 2.31. The normalized spacial score (nSPS) is 11.6. The van der Waals surface area contributed by atoms with Crippen LogP contribution in [0, 0.1) is 5.82 Å². The molecule has 0 atom stereocenters. The first-order valence-electron chi connectivity index (χ1n) is 10.4. The van der Waals surface area contributed by atoms with Crippen LogP contribution in [0.5, 0.6) is 23.0 Å². The van der Waals surface area contributed by atoms with Gasteiger partial charge in [-0.1, -0.05) is 0 Å². The second kappa shape index (κ2) is 10.3. The number of halogens is 5. The van der Waals surface area contributed by atoms with Crippen LogP contribution in [0.1, 0.15) is 40.3 Å². The van der Waals surface area contributed by atoms with Gasteiger partial charge >= 0.3 is 6.36 Å². The number of methoxy groups -OCH3 is 1. The number of nitrogens with two attached hydrogens (primary N) is 1. The highest BCUT2D eigenvalue weighted by molar-refractivity contribution is 6.06. The minimum absolute atomic E-state index is 0.00674. The number of hydrogen-bond acceptors (Lipinski definition) is 6. The van der Waals surface area contributed by atoms with Crippen molar-refractivity contribution in [3.8, 4) is 23.0 Å². The van der Waals surface area contributed by atoms with Crippen LogP contribution >= 0.6 is 0 Å². The molecule has 0 spiro atoms. The minimum Gasteiger partial charge on any atom is -0.493 e. The van der Waals surface area contributed by atoms with Gasteiger partial charge in [0.15, 0.2) is 11.5 Å². The number of pyridine rings is 1. The number of anilines is 1. The van der Waals surface area contributed by atoms with Gasteiger partial charge < -0.3 is 25.3 Å². The number of hydrogen-bond donors (Lipinski definition) is 2. The molecule has 0 aliphatic heterocycles. The molecule has 0 saturated heterocycles. The number of benzene rings is 2. The molecule has 0 fully saturated rings. The summed E-state index contributed by atoms with van der Waals surface area (Å²) >= 11 is 0. The molecule has 3 N–H and O–H groups in total. The average molecular weight is 525 g/mol. The molecular formula is C24H20F5N3O5. The highest BCUT2D eigenvalue weighted by atomic mass is 19.4. The first kappa shape index (κ1) is 27.2. The Labute approximate surface area is 207 Å². The summed E-state index contributed by atoms with van der Waals surface area (Å²) in [5.74, 6) is -3.92. The second-order valence-electron chi connectivity index (χ2n) is 8.01. The Bertz CT molecular complexity index is 1340. The number of amides is 2. The first-order valence-corrected chi connectivity index (χ1v) is 10.4. The third-order valence-corrected chi connectivity index (χ3v) is 4.80. The zero-order valence-corrected chi connectivity index (χ0v) is 19.6. The number of aromatic nitrogens is 1. The van der Waals surface area contributed by atoms with E-state index in [1.165, 1.54) is 27.0 Å². The van der Waals surface area contributed by atoms with Gasteiger partial charge in [-0.05, 0) is 44.2 Å². The Morgan fingerprint density at radius 2 is 1.65 bits per heavy atom. The third-order valence-electron chi connectivity index (χ3n) is 4.80. The summed E-state index contributed by atoms with van der Waals surface area (Å²) < 4.78 is 80.7. The van der Waals surface area contributed by atoms with E-state index < -0.39 is 41.0 Å². The molecule has 3 aromatic rings. The maximum Gasteiger partial charge on any atom is 0.573 e. The zero-order valence-electron chi connectivity index (χ0n) is 19.6. The number of ether oxygens (including phenoxy) is 3. The highest BCUT2D eigenvalue weighted by Crippen LogP contribution is 2.38. The number of nitrogens with zero attached hydrogens (tertiary/aromatic N) is 1. The van der Waals surface area contributed by atoms with E-state index in [1.807, 2.05) is 0 Å². The molecule has 13 heteroatoms. The standard InChI is InChI=1S/C24H20F5N3O5/c1-23(2,26)20-10-18(36-17-7-5-13(9-19(17)35-3)37-24(27,28)29)15(11-31-20)22(34)32-12-4-6-16(25)14(8-12)21(30)33/h4-11H,1-3H3,(H2,30,33)(H,32,34). The molecule has 0 unspecified atom stereocenters. The number of carbonyl (C=O) groups is 2. The van der Waals surface area contributed by atoms with Crippen LogP contribution in [0.3, 0.4) is 0 Å². The molecule has 1 aromatic heterocycles. The van der Waals surface area contributed by atoms with Crippen molar-refractivity contribution in [1.82, 2.24) is 4.98 Å². The Kier molecular flexibility index (Phi) is 7.55. The SMILES string of the molecule is COc1cc(OC(F)(F)F)ccc1Oc1cc(C(C)(C)F)ncc1C(=O)Nc1ccc(F)c(C(N)=O)c1. The molecule has 0 radical (unpaired) electrons. The van der Waals surface area contributed by atoms with Gasteiger partial charge in [0.25, 0.3) is 11.8 Å². The van der Waals surface area contributed by atoms with Gasteiger partial charge in [0, 0.05) is 24.0 Å². The van der Waals surface area contributed by atoms with Crippen molar-refractivity contribution in [3.05, 3.63) is 71.3 Å². The van der Waals surface area contributed by atoms with Crippen molar-refractivity contribution in [1.29, 1.82) is 0 Å². The van der Waals surface area contributed by atoms with Crippen molar-refractivity contribution in [2.75, 3.05) is 12.4 Å². The third kappa shape index (κ3) is 6.84. The van der Waals surface area contributed by atoms with Gasteiger partial charge in [0.05, 0.1) is 18.4 Å². The summed E-state index contributed by atoms with van der Waals surface area (Å²) in [6.07, 6.45) is -3.92. The molecule has 8 nitrogen and oxygen atoms in total. The summed E-state index contributed by atoms with van der Waals surface area (Å²) in [5, 5.41) is 2.43. The van der Waals surface area contributed by atoms with Crippen molar-refractivity contribution in [2.24, 2.45) is 5.73 Å². The lowest BCUT2D eigenvalue weighted by Gasteiger charge is -2.18. The number of carbonyl (C=O) groups excluding carboxylic acids is 2. The fourth-order valence-corrected chi connectivity index (χ4v) is 3.06. The smallest absolute Gasteiger partial charge is 0.493 e. The summed E-state index contributed by atoms with van der Waals surface area (Å²) in [4.78, 5) is 28.4. The predicted octanol–water partition coefficient (Wildman–Crippen LogP) is 5.48. The van der Waals surface area contributed by atoms with Crippen LogP contribution in [0.2, 0.25) is 0 Å². The van der Waals surface area contributed by atoms with Crippen LogP contribution in [-0.2, 0) is 5.67 Å². The van der Waals surface area contributed by atoms with E-state index in [9.17, 15) is 31.5 Å². The average Bonchev–Trinajstić information content (AvgIpc) is 2.79. The monoisotopic (exact) mass is 525 g/mol. The quantitative estimate of drug-likeness (QED) is 0.377. The van der Waals surface area contributed by atoms with Gasteiger partial charge in [-0.3, -0.25) is 14.6 Å². The van der Waals surface area contributed by atoms with Gasteiger partial charge in [-0.25, -0.2) is 8.78 Å². The predicted molar refractivity (Wildman–Crippen MR) is 121 cm³/mol. The molecule has 2 amide bonds. The van der Waals surface area contributed by atoms with Crippen LogP contribution in [0.25, 0.3) is 0 Å². The Morgan fingerprint density at radius 1 is 0.946 bits per heavy atom. The molecule has 0 aliphatic rings. The maximum atomic E-state index is 14.6. The molecule has 1 heterocycles. The van der Waals surface area contributed by atoms with Crippen LogP contribution in [-0.4, -0.2) is 30.3 Å². The second-order valence-corrected chi connectivity index (χ2v) is 8.01. The lowest BCUT2D eigenvalue weighted by atomic mass is 10.0. The van der Waals surface area contributed by atoms with E-state index in [2.05, 4.69) is 15.0 Å². The van der Waals surface area contributed by atoms with E-state index in [1.54, 1.807) is 0 Å². The van der Waals surface area contributed by atoms with Crippen molar-refractivity contribution in [2.45, 2.75) is 25.9 Å². The van der Waals surface area contributed by atoms with Crippen molar-refractivity contribution >= 4 is 17.5 Å². The van der Waals surface area contributed by atoms with E-state index in [4.69, 9.17) is 15.2 Å². The summed E-state index contributed by atoms with van der Waals surface area (Å²) in [6.45, 7) is 2.43. The molecule has 2 aromatic carbocycles. The van der Waals surface area contributed by atoms with Crippen LogP contribution in [0.15, 0.2) is 48.7 Å². The summed E-state index contributed by atoms with van der Waals surface area (Å²) in [6, 6.07) is 7.22. The van der Waals surface area contributed by atoms with Gasteiger partial charge in [-0.2, -0.15) is 0 Å². The fraction of sp³-hybridized carbons (Fsp3) is 0.208. The number of rotatable bonds is 8. The Balaban J connectivity index is 2.00. The maximum absolute atomic E-state index is 14.6. The number of alkyl halides is 4. The lowest BCUT2D eigenvalue weighted by Crippen LogP contribution is -2.18. The largest absolute Gasteiger partial charge is 0.573 e. The first-order chi connectivity index (χ1) is 17.2. The van der Waals surface area contributed by atoms with E-state index in [0.29, 0.717) is 0 Å². The molecule has 3 rings (SSSR count). The molecule has 0 saturated carbocycles. The van der Waals surface area contributed by atoms with Crippen molar-refractivity contribution in [3.63, 3.8) is 0 Å². The van der Waals surface area contributed by atoms with Gasteiger partial charge in [0.1, 0.15) is 28.5 Å². The van der Waals surface area contributed by atoms with Crippen LogP contribution < -0.4 is 25.3 Å². The Morgan fingerprint density at radius 3 is 2.24 bits per heavy atom. The van der Waals surface area contributed by atoms with E-state index >= 15 is 0 Å². The lowest BCUT2D eigenvalue weighted by molar-refractivity contribution is -0.274. The molecular weight excluding hydrogens is 505 g/mol. The number of nitrogens with one attached hydrogen (secondary N) is 1. The van der Waals surface area contributed by atoms with Crippen LogP contribution in [0.4, 0.5) is 27.6 Å². The van der Waals surface area contributed by atoms with E-state index in [-0.39, 0.29) is 34.2 Å². The van der Waals surface area contributed by atoms with Crippen molar-refractivity contribution < 1.29 is 45.8 Å². The Hall–Kier alpha value is -4.42. The summed E-state index contributed by atoms with van der Waals surface area (Å²) in [5.41, 5.74) is 2.37. The zero-order chi connectivity index (χ0) is 27.5. The minimum atomic E-state index is -4.94. The van der Waals surface area contributed by atoms with Gasteiger partial charge in [-0.15, -0.1) is 13.2 Å². The molecule has 196 valence electrons. The molecule has 37 heavy (non-hydrogen) atoms.